The molecule has 2 aliphatic rings. The largest absolute Gasteiger partial charge is 0.534 e. The number of alkyl halides is 3. The molecule has 5 rings (SSSR count). The first kappa shape index (κ1) is 22.2. The number of carbonyl (C=O) groups excluding carboxylic acids is 1. The van der Waals surface area contributed by atoms with Crippen LogP contribution in [-0.4, -0.2) is 30.5 Å². The van der Waals surface area contributed by atoms with Crippen molar-refractivity contribution in [1.82, 2.24) is 4.98 Å². The highest BCUT2D eigenvalue weighted by Gasteiger charge is 2.62. The molecule has 1 aliphatic carbocycles. The number of halogens is 3. The van der Waals surface area contributed by atoms with Gasteiger partial charge in [0.2, 0.25) is 0 Å². The standard InChI is InChI=1S/C23H16F3NO6S/c24-23(25,26)34(29,30)33-20-19(21(28)32-22(20)11-12-22)15-6-9-17(10-7-15)31-13-16-8-5-14-3-1-2-4-18(14)27-16/h1-10H,11-13H2. The molecule has 7 nitrogen and oxygen atoms in total. The van der Waals surface area contributed by atoms with E-state index in [1.54, 1.807) is 0 Å². The number of ether oxygens (including phenoxy) is 2. The second-order valence-corrected chi connectivity index (χ2v) is 9.42. The molecule has 2 aromatic carbocycles. The van der Waals surface area contributed by atoms with Crippen molar-refractivity contribution in [3.05, 3.63) is 77.7 Å². The number of hydrogen-bond acceptors (Lipinski definition) is 7. The monoisotopic (exact) mass is 491 g/mol. The molecule has 0 saturated heterocycles. The molecule has 1 fully saturated rings. The van der Waals surface area contributed by atoms with Crippen LogP contribution < -0.4 is 4.74 Å². The molecular weight excluding hydrogens is 475 g/mol. The second-order valence-electron chi connectivity index (χ2n) is 7.88. The Hall–Kier alpha value is -3.60. The summed E-state index contributed by atoms with van der Waals surface area (Å²) in [7, 11) is -5.96. The van der Waals surface area contributed by atoms with Gasteiger partial charge in [0, 0.05) is 5.39 Å². The zero-order valence-corrected chi connectivity index (χ0v) is 18.2. The Morgan fingerprint density at radius 3 is 2.38 bits per heavy atom. The van der Waals surface area contributed by atoms with Gasteiger partial charge in [-0.15, -0.1) is 0 Å². The first-order chi connectivity index (χ1) is 16.1. The van der Waals surface area contributed by atoms with E-state index in [1.807, 2.05) is 36.4 Å². The third-order valence-electron chi connectivity index (χ3n) is 5.50. The normalized spacial score (nSPS) is 17.2. The second kappa shape index (κ2) is 7.73. The molecule has 1 aromatic heterocycles. The number of aromatic nitrogens is 1. The van der Waals surface area contributed by atoms with Crippen molar-refractivity contribution >= 4 is 32.6 Å². The Morgan fingerprint density at radius 1 is 1.00 bits per heavy atom. The summed E-state index contributed by atoms with van der Waals surface area (Å²) in [5, 5.41) is 0.992. The fourth-order valence-electron chi connectivity index (χ4n) is 3.63. The van der Waals surface area contributed by atoms with Crippen LogP contribution in [0.25, 0.3) is 16.5 Å². The molecule has 3 aromatic rings. The Labute approximate surface area is 191 Å². The van der Waals surface area contributed by atoms with Gasteiger partial charge in [-0.05, 0) is 42.7 Å². The van der Waals surface area contributed by atoms with Gasteiger partial charge >= 0.3 is 21.6 Å². The van der Waals surface area contributed by atoms with E-state index in [9.17, 15) is 26.4 Å². The molecule has 0 bridgehead atoms. The molecule has 0 N–H and O–H groups in total. The summed E-state index contributed by atoms with van der Waals surface area (Å²) in [4.78, 5) is 16.9. The number of pyridine rings is 1. The summed E-state index contributed by atoms with van der Waals surface area (Å²) in [6.45, 7) is 0.163. The first-order valence-corrected chi connectivity index (χ1v) is 11.6. The number of carbonyl (C=O) groups is 1. The minimum absolute atomic E-state index is 0.150. The van der Waals surface area contributed by atoms with Crippen LogP contribution in [0.15, 0.2) is 66.4 Å². The predicted octanol–water partition coefficient (Wildman–Crippen LogP) is 4.48. The van der Waals surface area contributed by atoms with E-state index in [-0.39, 0.29) is 30.6 Å². The lowest BCUT2D eigenvalue weighted by molar-refractivity contribution is -0.139. The summed E-state index contributed by atoms with van der Waals surface area (Å²) in [5.74, 6) is -1.17. The number of benzene rings is 2. The summed E-state index contributed by atoms with van der Waals surface area (Å²) in [5.41, 5.74) is -5.80. The minimum atomic E-state index is -5.96. The van der Waals surface area contributed by atoms with E-state index in [2.05, 4.69) is 9.17 Å². The van der Waals surface area contributed by atoms with Gasteiger partial charge < -0.3 is 13.7 Å². The van der Waals surface area contributed by atoms with Crippen molar-refractivity contribution in [2.45, 2.75) is 30.6 Å². The average Bonchev–Trinajstić information content (AvgIpc) is 3.51. The van der Waals surface area contributed by atoms with Gasteiger partial charge in [0.15, 0.2) is 11.4 Å². The number of rotatable bonds is 6. The summed E-state index contributed by atoms with van der Waals surface area (Å²) in [6.07, 6.45) is 0.343. The highest BCUT2D eigenvalue weighted by molar-refractivity contribution is 7.87. The summed E-state index contributed by atoms with van der Waals surface area (Å²) < 4.78 is 77.0. The van der Waals surface area contributed by atoms with Crippen molar-refractivity contribution in [2.24, 2.45) is 0 Å². The lowest BCUT2D eigenvalue weighted by atomic mass is 10.0. The maximum Gasteiger partial charge on any atom is 0.534 e. The van der Waals surface area contributed by atoms with Crippen LogP contribution in [0.3, 0.4) is 0 Å². The van der Waals surface area contributed by atoms with Gasteiger partial charge in [-0.2, -0.15) is 21.6 Å². The van der Waals surface area contributed by atoms with Gasteiger partial charge in [-0.3, -0.25) is 0 Å². The zero-order chi connectivity index (χ0) is 24.1. The smallest absolute Gasteiger partial charge is 0.487 e. The van der Waals surface area contributed by atoms with Gasteiger partial charge in [0.25, 0.3) is 0 Å². The highest BCUT2D eigenvalue weighted by Crippen LogP contribution is 2.55. The molecule has 176 valence electrons. The Morgan fingerprint density at radius 2 is 1.71 bits per heavy atom. The molecule has 1 spiro atoms. The molecule has 0 radical (unpaired) electrons. The van der Waals surface area contributed by atoms with Gasteiger partial charge in [0.05, 0.1) is 11.2 Å². The highest BCUT2D eigenvalue weighted by atomic mass is 32.2. The van der Waals surface area contributed by atoms with Gasteiger partial charge in [-0.25, -0.2) is 9.78 Å². The predicted molar refractivity (Wildman–Crippen MR) is 114 cm³/mol. The molecular formula is C23H16F3NO6S. The van der Waals surface area contributed by atoms with Gasteiger partial charge in [-0.1, -0.05) is 36.4 Å². The molecule has 0 amide bonds. The minimum Gasteiger partial charge on any atom is -0.487 e. The number of hydrogen-bond donors (Lipinski definition) is 0. The average molecular weight is 491 g/mol. The van der Waals surface area contributed by atoms with Crippen molar-refractivity contribution < 1.29 is 40.0 Å². The fourth-order valence-corrected chi connectivity index (χ4v) is 4.17. The van der Waals surface area contributed by atoms with Crippen LogP contribution in [0.5, 0.6) is 5.75 Å². The van der Waals surface area contributed by atoms with Crippen LogP contribution in [0.2, 0.25) is 0 Å². The van der Waals surface area contributed by atoms with E-state index in [1.165, 1.54) is 24.3 Å². The van der Waals surface area contributed by atoms with Crippen molar-refractivity contribution in [3.8, 4) is 5.75 Å². The van der Waals surface area contributed by atoms with E-state index in [0.29, 0.717) is 11.4 Å². The van der Waals surface area contributed by atoms with E-state index in [4.69, 9.17) is 9.47 Å². The zero-order valence-electron chi connectivity index (χ0n) is 17.3. The Bertz CT molecular complexity index is 1430. The molecule has 2 heterocycles. The SMILES string of the molecule is O=C1OC2(CC2)C(OS(=O)(=O)C(F)(F)F)=C1c1ccc(OCc2ccc3ccccc3n2)cc1. The van der Waals surface area contributed by atoms with Crippen LogP contribution in [0.1, 0.15) is 24.1 Å². The van der Waals surface area contributed by atoms with Crippen LogP contribution in [-0.2, 0) is 30.4 Å². The number of fused-ring (bicyclic) bond motifs is 1. The third kappa shape index (κ3) is 3.96. The lowest BCUT2D eigenvalue weighted by Gasteiger charge is -2.15. The molecule has 34 heavy (non-hydrogen) atoms. The molecule has 11 heteroatoms. The quantitative estimate of drug-likeness (QED) is 0.285. The Balaban J connectivity index is 1.38. The third-order valence-corrected chi connectivity index (χ3v) is 6.45. The molecule has 1 aliphatic heterocycles. The maximum atomic E-state index is 12.9. The number of esters is 1. The van der Waals surface area contributed by atoms with Crippen molar-refractivity contribution in [2.75, 3.05) is 0 Å². The maximum absolute atomic E-state index is 12.9. The lowest BCUT2D eigenvalue weighted by Crippen LogP contribution is -2.28. The molecule has 0 atom stereocenters. The van der Waals surface area contributed by atoms with Crippen LogP contribution in [0, 0.1) is 0 Å². The van der Waals surface area contributed by atoms with Crippen molar-refractivity contribution in [3.63, 3.8) is 0 Å². The van der Waals surface area contributed by atoms with Crippen LogP contribution in [0.4, 0.5) is 13.2 Å². The Kier molecular flexibility index (Phi) is 5.05. The number of nitrogens with zero attached hydrogens (tertiary/aromatic N) is 1. The number of para-hydroxylation sites is 1. The van der Waals surface area contributed by atoms with Crippen LogP contribution >= 0.6 is 0 Å². The fraction of sp³-hybridized carbons (Fsp3) is 0.217. The molecule has 0 unspecified atom stereocenters. The molecule has 1 saturated carbocycles. The topological polar surface area (TPSA) is 91.8 Å². The first-order valence-electron chi connectivity index (χ1n) is 10.1. The van der Waals surface area contributed by atoms with E-state index < -0.39 is 33.0 Å². The van der Waals surface area contributed by atoms with Crippen molar-refractivity contribution in [1.29, 1.82) is 0 Å². The summed E-state index contributed by atoms with van der Waals surface area (Å²) in [6, 6.07) is 17.2. The van der Waals surface area contributed by atoms with E-state index in [0.717, 1.165) is 10.9 Å². The summed E-state index contributed by atoms with van der Waals surface area (Å²) >= 11 is 0. The van der Waals surface area contributed by atoms with Gasteiger partial charge in [0.1, 0.15) is 17.9 Å². The van der Waals surface area contributed by atoms with E-state index >= 15 is 0 Å².